The van der Waals surface area contributed by atoms with Crippen LogP contribution in [-0.4, -0.2) is 31.9 Å². The predicted octanol–water partition coefficient (Wildman–Crippen LogP) is 4.10. The maximum absolute atomic E-state index is 13.4. The van der Waals surface area contributed by atoms with E-state index in [-0.39, 0.29) is 24.0 Å². The summed E-state index contributed by atoms with van der Waals surface area (Å²) in [6, 6.07) is 15.3. The van der Waals surface area contributed by atoms with Crippen molar-refractivity contribution in [3.8, 4) is 22.8 Å². The zero-order chi connectivity index (χ0) is 25.7. The molecule has 2 aromatic carbocycles. The number of carbonyl (C=O) groups excluding carboxylic acids is 1. The molecular weight excluding hydrogens is 492 g/mol. The Bertz CT molecular complexity index is 1460. The summed E-state index contributed by atoms with van der Waals surface area (Å²) in [6.07, 6.45) is -1.48. The molecule has 1 aliphatic heterocycles. The molecule has 1 aliphatic carbocycles. The van der Waals surface area contributed by atoms with Gasteiger partial charge in [0.1, 0.15) is 5.82 Å². The van der Waals surface area contributed by atoms with Crippen molar-refractivity contribution in [2.24, 2.45) is 0 Å². The number of anilines is 1. The second kappa shape index (κ2) is 8.52. The Balaban J connectivity index is 1.33. The number of aryl methyl sites for hydroxylation is 1. The smallest absolute Gasteiger partial charge is 0.395 e. The number of pyridine rings is 1. The SMILES string of the molecule is Cc1ccc(NC(=O)C2(c3ccc4c(c3)OC(F)(F)O4)CC2)nc1-c1ccc(CNS(C)(=O)=O)cc1. The van der Waals surface area contributed by atoms with Gasteiger partial charge >= 0.3 is 6.29 Å². The van der Waals surface area contributed by atoms with E-state index in [9.17, 15) is 22.0 Å². The summed E-state index contributed by atoms with van der Waals surface area (Å²) in [7, 11) is -3.29. The maximum Gasteiger partial charge on any atom is 0.586 e. The van der Waals surface area contributed by atoms with Crippen molar-refractivity contribution < 1.29 is 31.5 Å². The monoisotopic (exact) mass is 515 g/mol. The fourth-order valence-corrected chi connectivity index (χ4v) is 4.57. The van der Waals surface area contributed by atoms with Gasteiger partial charge in [-0.15, -0.1) is 8.78 Å². The second-order valence-electron chi connectivity index (χ2n) is 9.02. The Kier molecular flexibility index (Phi) is 5.72. The molecule has 0 bridgehead atoms. The summed E-state index contributed by atoms with van der Waals surface area (Å²) < 4.78 is 60.8. The number of benzene rings is 2. The van der Waals surface area contributed by atoms with E-state index in [1.165, 1.54) is 12.1 Å². The molecule has 188 valence electrons. The summed E-state index contributed by atoms with van der Waals surface area (Å²) >= 11 is 0. The molecule has 1 saturated carbocycles. The summed E-state index contributed by atoms with van der Waals surface area (Å²) in [5, 5.41) is 2.87. The zero-order valence-corrected chi connectivity index (χ0v) is 20.3. The third-order valence-electron chi connectivity index (χ3n) is 6.24. The van der Waals surface area contributed by atoms with E-state index in [4.69, 9.17) is 0 Å². The number of halogens is 2. The highest BCUT2D eigenvalue weighted by molar-refractivity contribution is 7.88. The van der Waals surface area contributed by atoms with Gasteiger partial charge in [-0.25, -0.2) is 18.1 Å². The molecule has 11 heteroatoms. The number of hydrogen-bond acceptors (Lipinski definition) is 6. The maximum atomic E-state index is 13.4. The van der Waals surface area contributed by atoms with Crippen LogP contribution in [0.25, 0.3) is 11.3 Å². The number of rotatable bonds is 7. The highest BCUT2D eigenvalue weighted by Gasteiger charge is 2.53. The number of sulfonamides is 1. The van der Waals surface area contributed by atoms with Gasteiger partial charge in [-0.05, 0) is 54.7 Å². The highest BCUT2D eigenvalue weighted by Crippen LogP contribution is 2.52. The van der Waals surface area contributed by atoms with Gasteiger partial charge < -0.3 is 14.8 Å². The lowest BCUT2D eigenvalue weighted by Gasteiger charge is -2.17. The van der Waals surface area contributed by atoms with Gasteiger partial charge in [-0.1, -0.05) is 36.4 Å². The molecule has 0 spiro atoms. The van der Waals surface area contributed by atoms with Crippen LogP contribution in [0.2, 0.25) is 0 Å². The van der Waals surface area contributed by atoms with Gasteiger partial charge in [-0.3, -0.25) is 4.79 Å². The van der Waals surface area contributed by atoms with Crippen LogP contribution in [-0.2, 0) is 26.8 Å². The van der Waals surface area contributed by atoms with E-state index in [2.05, 4.69) is 24.5 Å². The standard InChI is InChI=1S/C25H23F2N3O5S/c1-15-3-10-21(29-22(15)17-6-4-16(5-7-17)14-28-36(2,32)33)30-23(31)24(11-12-24)18-8-9-19-20(13-18)35-25(26,27)34-19/h3-10,13,28H,11-12,14H2,1-2H3,(H,29,30,31). The Morgan fingerprint density at radius 3 is 2.39 bits per heavy atom. The van der Waals surface area contributed by atoms with Crippen LogP contribution in [0.5, 0.6) is 11.5 Å². The van der Waals surface area contributed by atoms with E-state index in [1.54, 1.807) is 12.1 Å². The molecule has 1 aromatic heterocycles. The van der Waals surface area contributed by atoms with E-state index < -0.39 is 21.7 Å². The number of fused-ring (bicyclic) bond motifs is 1. The van der Waals surface area contributed by atoms with Crippen LogP contribution in [0.4, 0.5) is 14.6 Å². The fourth-order valence-electron chi connectivity index (χ4n) is 4.14. The van der Waals surface area contributed by atoms with E-state index >= 15 is 0 Å². The quantitative estimate of drug-likeness (QED) is 0.491. The molecule has 0 saturated heterocycles. The third-order valence-corrected chi connectivity index (χ3v) is 6.91. The van der Waals surface area contributed by atoms with Crippen molar-refractivity contribution in [3.05, 3.63) is 71.3 Å². The van der Waals surface area contributed by atoms with Crippen LogP contribution in [0, 0.1) is 6.92 Å². The number of alkyl halides is 2. The molecule has 2 heterocycles. The molecule has 2 N–H and O–H groups in total. The van der Waals surface area contributed by atoms with Crippen molar-refractivity contribution in [2.75, 3.05) is 11.6 Å². The van der Waals surface area contributed by atoms with Gasteiger partial charge in [0.25, 0.3) is 0 Å². The van der Waals surface area contributed by atoms with Gasteiger partial charge in [-0.2, -0.15) is 0 Å². The van der Waals surface area contributed by atoms with Gasteiger partial charge in [0, 0.05) is 12.1 Å². The molecular formula is C25H23F2N3O5S. The number of ether oxygens (including phenoxy) is 2. The number of hydrogen-bond donors (Lipinski definition) is 2. The van der Waals surface area contributed by atoms with Gasteiger partial charge in [0.15, 0.2) is 11.5 Å². The van der Waals surface area contributed by atoms with Crippen LogP contribution in [0.3, 0.4) is 0 Å². The van der Waals surface area contributed by atoms with Crippen molar-refractivity contribution in [1.29, 1.82) is 0 Å². The molecule has 1 amide bonds. The minimum atomic E-state index is -3.72. The number of nitrogens with one attached hydrogen (secondary N) is 2. The highest BCUT2D eigenvalue weighted by atomic mass is 32.2. The average Bonchev–Trinajstić information content (AvgIpc) is 3.56. The normalized spacial score (nSPS) is 17.0. The third kappa shape index (κ3) is 4.89. The number of aromatic nitrogens is 1. The molecule has 0 unspecified atom stereocenters. The number of nitrogens with zero attached hydrogens (tertiary/aromatic N) is 1. The molecule has 8 nitrogen and oxygen atoms in total. The largest absolute Gasteiger partial charge is 0.586 e. The molecule has 36 heavy (non-hydrogen) atoms. The van der Waals surface area contributed by atoms with Crippen LogP contribution >= 0.6 is 0 Å². The molecule has 5 rings (SSSR count). The predicted molar refractivity (Wildman–Crippen MR) is 128 cm³/mol. The molecule has 1 fully saturated rings. The first-order valence-corrected chi connectivity index (χ1v) is 13.1. The lowest BCUT2D eigenvalue weighted by molar-refractivity contribution is -0.286. The first-order valence-electron chi connectivity index (χ1n) is 11.2. The van der Waals surface area contributed by atoms with Crippen molar-refractivity contribution in [1.82, 2.24) is 9.71 Å². The minimum Gasteiger partial charge on any atom is -0.395 e. The van der Waals surface area contributed by atoms with E-state index in [1.807, 2.05) is 37.3 Å². The van der Waals surface area contributed by atoms with Crippen molar-refractivity contribution in [3.63, 3.8) is 0 Å². The van der Waals surface area contributed by atoms with Crippen LogP contribution < -0.4 is 19.5 Å². The van der Waals surface area contributed by atoms with E-state index in [0.29, 0.717) is 29.9 Å². The second-order valence-corrected chi connectivity index (χ2v) is 10.9. The molecule has 3 aromatic rings. The molecule has 2 aliphatic rings. The Labute approximate surface area is 206 Å². The molecule has 0 atom stereocenters. The summed E-state index contributed by atoms with van der Waals surface area (Å²) in [5.41, 5.74) is 2.90. The first kappa shape index (κ1) is 24.1. The average molecular weight is 516 g/mol. The van der Waals surface area contributed by atoms with Gasteiger partial charge in [0.2, 0.25) is 15.9 Å². The Morgan fingerprint density at radius 1 is 1.03 bits per heavy atom. The van der Waals surface area contributed by atoms with E-state index in [0.717, 1.165) is 22.9 Å². The molecule has 0 radical (unpaired) electrons. The lowest BCUT2D eigenvalue weighted by atomic mass is 9.94. The topological polar surface area (TPSA) is 107 Å². The van der Waals surface area contributed by atoms with Crippen molar-refractivity contribution >= 4 is 21.7 Å². The zero-order valence-electron chi connectivity index (χ0n) is 19.5. The Hall–Kier alpha value is -3.57. The first-order chi connectivity index (χ1) is 16.9. The van der Waals surface area contributed by atoms with Gasteiger partial charge in [0.05, 0.1) is 17.4 Å². The number of carbonyl (C=O) groups is 1. The summed E-state index contributed by atoms with van der Waals surface area (Å²) in [5.74, 6) is -0.0787. The van der Waals surface area contributed by atoms with Crippen LogP contribution in [0.1, 0.15) is 29.5 Å². The lowest BCUT2D eigenvalue weighted by Crippen LogP contribution is -2.28. The van der Waals surface area contributed by atoms with Crippen molar-refractivity contribution in [2.45, 2.75) is 38.0 Å². The summed E-state index contributed by atoms with van der Waals surface area (Å²) in [4.78, 5) is 17.8. The minimum absolute atomic E-state index is 0.0667. The van der Waals surface area contributed by atoms with Crippen LogP contribution in [0.15, 0.2) is 54.6 Å². The summed E-state index contributed by atoms with van der Waals surface area (Å²) in [6.45, 7) is 2.08. The fraction of sp³-hybridized carbons (Fsp3) is 0.280. The Morgan fingerprint density at radius 2 is 1.72 bits per heavy atom. The number of amides is 1.